The first kappa shape index (κ1) is 10.9. The Morgan fingerprint density at radius 3 is 2.67 bits per heavy atom. The van der Waals surface area contributed by atoms with Gasteiger partial charge < -0.3 is 14.4 Å². The number of hydrogen-bond donors (Lipinski definition) is 0. The summed E-state index contributed by atoms with van der Waals surface area (Å²) in [5.74, 6) is -0.454. The molecule has 2 rings (SSSR count). The minimum absolute atomic E-state index is 0.102. The van der Waals surface area contributed by atoms with E-state index in [0.29, 0.717) is 6.61 Å². The predicted molar refractivity (Wildman–Crippen MR) is 55.3 cm³/mol. The summed E-state index contributed by atoms with van der Waals surface area (Å²) in [7, 11) is 0. The average Bonchev–Trinajstić information content (AvgIpc) is 2.86. The number of ether oxygens (including phenoxy) is 2. The van der Waals surface area contributed by atoms with Gasteiger partial charge in [0.05, 0.1) is 6.61 Å². The Morgan fingerprint density at radius 2 is 2.13 bits per heavy atom. The van der Waals surface area contributed by atoms with Gasteiger partial charge in [-0.2, -0.15) is 0 Å². The van der Waals surface area contributed by atoms with E-state index < -0.39 is 5.79 Å². The van der Waals surface area contributed by atoms with Crippen molar-refractivity contribution in [2.24, 2.45) is 0 Å². The molecule has 2 atom stereocenters. The molecular weight excluding hydrogens is 194 g/mol. The van der Waals surface area contributed by atoms with Gasteiger partial charge in [0.15, 0.2) is 11.9 Å². The summed E-state index contributed by atoms with van der Waals surface area (Å²) in [5, 5.41) is 0. The van der Waals surface area contributed by atoms with Gasteiger partial charge in [0.1, 0.15) is 0 Å². The molecule has 0 aromatic heterocycles. The van der Waals surface area contributed by atoms with Gasteiger partial charge in [0, 0.05) is 13.1 Å². The highest BCUT2D eigenvalue weighted by Crippen LogP contribution is 2.27. The Labute approximate surface area is 90.5 Å². The van der Waals surface area contributed by atoms with E-state index in [1.807, 2.05) is 18.7 Å². The standard InChI is InChI=1S/C11H19NO3/c1-3-11(2)14-8-9(15-11)10(13)12-6-4-5-7-12/h9H,3-8H2,1-2H3/t9-,11?/m1/s1. The molecule has 0 aliphatic carbocycles. The fourth-order valence-electron chi connectivity index (χ4n) is 2.07. The second-order valence-corrected chi connectivity index (χ2v) is 4.44. The van der Waals surface area contributed by atoms with Crippen molar-refractivity contribution in [3.8, 4) is 0 Å². The quantitative estimate of drug-likeness (QED) is 0.690. The van der Waals surface area contributed by atoms with Crippen LogP contribution in [0.25, 0.3) is 0 Å². The van der Waals surface area contributed by atoms with Crippen molar-refractivity contribution in [3.63, 3.8) is 0 Å². The van der Waals surface area contributed by atoms with Gasteiger partial charge in [-0.3, -0.25) is 4.79 Å². The van der Waals surface area contributed by atoms with Crippen LogP contribution >= 0.6 is 0 Å². The molecule has 15 heavy (non-hydrogen) atoms. The molecule has 4 nitrogen and oxygen atoms in total. The van der Waals surface area contributed by atoms with E-state index in [1.165, 1.54) is 0 Å². The first-order valence-electron chi connectivity index (χ1n) is 5.75. The van der Waals surface area contributed by atoms with Crippen molar-refractivity contribution in [1.29, 1.82) is 0 Å². The van der Waals surface area contributed by atoms with Crippen molar-refractivity contribution in [3.05, 3.63) is 0 Å². The number of likely N-dealkylation sites (tertiary alicyclic amines) is 1. The maximum absolute atomic E-state index is 12.0. The van der Waals surface area contributed by atoms with Crippen LogP contribution in [0.4, 0.5) is 0 Å². The summed E-state index contributed by atoms with van der Waals surface area (Å²) in [6.45, 7) is 6.05. The van der Waals surface area contributed by atoms with E-state index in [-0.39, 0.29) is 12.0 Å². The Balaban J connectivity index is 1.92. The molecule has 2 aliphatic rings. The Morgan fingerprint density at radius 1 is 1.47 bits per heavy atom. The van der Waals surface area contributed by atoms with Gasteiger partial charge in [0.2, 0.25) is 0 Å². The van der Waals surface area contributed by atoms with Crippen LogP contribution in [0.5, 0.6) is 0 Å². The third-order valence-corrected chi connectivity index (χ3v) is 3.27. The zero-order valence-corrected chi connectivity index (χ0v) is 9.49. The lowest BCUT2D eigenvalue weighted by Gasteiger charge is -2.22. The molecule has 2 fully saturated rings. The van der Waals surface area contributed by atoms with Gasteiger partial charge in [-0.15, -0.1) is 0 Å². The van der Waals surface area contributed by atoms with Crippen molar-refractivity contribution >= 4 is 5.91 Å². The highest BCUT2D eigenvalue weighted by Gasteiger charge is 2.41. The molecular formula is C11H19NO3. The van der Waals surface area contributed by atoms with Crippen molar-refractivity contribution in [2.45, 2.75) is 45.0 Å². The van der Waals surface area contributed by atoms with Crippen LogP contribution in [0, 0.1) is 0 Å². The molecule has 0 aromatic carbocycles. The summed E-state index contributed by atoms with van der Waals surface area (Å²) in [4.78, 5) is 13.9. The molecule has 0 aromatic rings. The van der Waals surface area contributed by atoms with Crippen molar-refractivity contribution in [1.82, 2.24) is 4.90 Å². The normalized spacial score (nSPS) is 36.1. The number of hydrogen-bond acceptors (Lipinski definition) is 3. The van der Waals surface area contributed by atoms with E-state index >= 15 is 0 Å². The Bertz CT molecular complexity index is 250. The highest BCUT2D eigenvalue weighted by molar-refractivity contribution is 5.81. The molecule has 0 spiro atoms. The minimum atomic E-state index is -0.556. The van der Waals surface area contributed by atoms with Crippen LogP contribution in [0.1, 0.15) is 33.1 Å². The molecule has 0 bridgehead atoms. The lowest BCUT2D eigenvalue weighted by molar-refractivity contribution is -0.168. The lowest BCUT2D eigenvalue weighted by Crippen LogP contribution is -2.39. The second-order valence-electron chi connectivity index (χ2n) is 4.44. The first-order chi connectivity index (χ1) is 7.14. The molecule has 4 heteroatoms. The Kier molecular flexibility index (Phi) is 2.98. The molecule has 86 valence electrons. The summed E-state index contributed by atoms with van der Waals surface area (Å²) in [6, 6.07) is 0. The van der Waals surface area contributed by atoms with Crippen LogP contribution < -0.4 is 0 Å². The molecule has 2 saturated heterocycles. The summed E-state index contributed by atoms with van der Waals surface area (Å²) in [6.07, 6.45) is 2.62. The van der Waals surface area contributed by atoms with Crippen LogP contribution in [-0.4, -0.2) is 42.4 Å². The third-order valence-electron chi connectivity index (χ3n) is 3.27. The minimum Gasteiger partial charge on any atom is -0.347 e. The maximum Gasteiger partial charge on any atom is 0.254 e. The Hall–Kier alpha value is -0.610. The van der Waals surface area contributed by atoms with E-state index in [1.54, 1.807) is 0 Å². The van der Waals surface area contributed by atoms with Crippen LogP contribution in [0.3, 0.4) is 0 Å². The predicted octanol–water partition coefficient (Wildman–Crippen LogP) is 1.15. The monoisotopic (exact) mass is 213 g/mol. The fraction of sp³-hybridized carbons (Fsp3) is 0.909. The van der Waals surface area contributed by atoms with Crippen LogP contribution in [0.15, 0.2) is 0 Å². The lowest BCUT2D eigenvalue weighted by atomic mass is 10.2. The molecule has 0 radical (unpaired) electrons. The maximum atomic E-state index is 12.0. The van der Waals surface area contributed by atoms with Gasteiger partial charge in [-0.1, -0.05) is 6.92 Å². The molecule has 1 amide bonds. The van der Waals surface area contributed by atoms with E-state index in [9.17, 15) is 4.79 Å². The number of rotatable bonds is 2. The number of carbonyl (C=O) groups excluding carboxylic acids is 1. The topological polar surface area (TPSA) is 38.8 Å². The van der Waals surface area contributed by atoms with Crippen LogP contribution in [0.2, 0.25) is 0 Å². The average molecular weight is 213 g/mol. The highest BCUT2D eigenvalue weighted by atomic mass is 16.7. The molecule has 2 heterocycles. The van der Waals surface area contributed by atoms with Crippen molar-refractivity contribution < 1.29 is 14.3 Å². The second kappa shape index (κ2) is 4.10. The first-order valence-corrected chi connectivity index (χ1v) is 5.75. The van der Waals surface area contributed by atoms with Gasteiger partial charge >= 0.3 is 0 Å². The molecule has 1 unspecified atom stereocenters. The van der Waals surface area contributed by atoms with E-state index in [0.717, 1.165) is 32.4 Å². The van der Waals surface area contributed by atoms with Crippen LogP contribution in [-0.2, 0) is 14.3 Å². The van der Waals surface area contributed by atoms with E-state index in [2.05, 4.69) is 0 Å². The zero-order valence-electron chi connectivity index (χ0n) is 9.49. The number of amides is 1. The molecule has 0 N–H and O–H groups in total. The SMILES string of the molecule is CCC1(C)OC[C@H](C(=O)N2CCCC2)O1. The third kappa shape index (κ3) is 2.16. The van der Waals surface area contributed by atoms with Gasteiger partial charge in [0.25, 0.3) is 5.91 Å². The summed E-state index contributed by atoms with van der Waals surface area (Å²) in [5.41, 5.74) is 0. The number of nitrogens with zero attached hydrogens (tertiary/aromatic N) is 1. The number of carbonyl (C=O) groups is 1. The summed E-state index contributed by atoms with van der Waals surface area (Å²) >= 11 is 0. The van der Waals surface area contributed by atoms with Gasteiger partial charge in [-0.05, 0) is 26.2 Å². The van der Waals surface area contributed by atoms with Gasteiger partial charge in [-0.25, -0.2) is 0 Å². The van der Waals surface area contributed by atoms with E-state index in [4.69, 9.17) is 9.47 Å². The van der Waals surface area contributed by atoms with Crippen molar-refractivity contribution in [2.75, 3.05) is 19.7 Å². The summed E-state index contributed by atoms with van der Waals surface area (Å²) < 4.78 is 11.2. The largest absolute Gasteiger partial charge is 0.347 e. The molecule has 2 aliphatic heterocycles. The fourth-order valence-corrected chi connectivity index (χ4v) is 2.07. The molecule has 0 saturated carbocycles. The zero-order chi connectivity index (χ0) is 10.9. The smallest absolute Gasteiger partial charge is 0.254 e.